The van der Waals surface area contributed by atoms with E-state index in [0.717, 1.165) is 17.8 Å². The molecule has 1 aliphatic rings. The predicted molar refractivity (Wildman–Crippen MR) is 104 cm³/mol. The molecule has 0 saturated carbocycles. The summed E-state index contributed by atoms with van der Waals surface area (Å²) in [6, 6.07) is 10.2. The van der Waals surface area contributed by atoms with Crippen LogP contribution in [0.1, 0.15) is 11.3 Å². The minimum absolute atomic E-state index is 0.132. The van der Waals surface area contributed by atoms with Crippen LogP contribution in [0.5, 0.6) is 0 Å². The molecule has 0 saturated heterocycles. The molecule has 0 atom stereocenters. The van der Waals surface area contributed by atoms with Crippen LogP contribution in [-0.2, 0) is 29.5 Å². The quantitative estimate of drug-likeness (QED) is 0.603. The van der Waals surface area contributed by atoms with E-state index in [1.807, 2.05) is 0 Å². The maximum absolute atomic E-state index is 13.2. The van der Waals surface area contributed by atoms with Crippen molar-refractivity contribution in [1.29, 1.82) is 0 Å². The van der Waals surface area contributed by atoms with Crippen LogP contribution in [0.25, 0.3) is 10.8 Å². The number of sulfonamides is 1. The van der Waals surface area contributed by atoms with Gasteiger partial charge in [0.25, 0.3) is 10.0 Å². The van der Waals surface area contributed by atoms with Crippen LogP contribution in [-0.4, -0.2) is 36.5 Å². The maximum atomic E-state index is 13.2. The summed E-state index contributed by atoms with van der Waals surface area (Å²) in [5.74, 6) is 0.394. The van der Waals surface area contributed by atoms with E-state index in [9.17, 15) is 13.5 Å². The summed E-state index contributed by atoms with van der Waals surface area (Å²) in [4.78, 5) is 0.150. The van der Waals surface area contributed by atoms with E-state index in [0.29, 0.717) is 34.6 Å². The first-order chi connectivity index (χ1) is 13.0. The number of rotatable bonds is 5. The lowest BCUT2D eigenvalue weighted by molar-refractivity contribution is 0.270. The first kappa shape index (κ1) is 18.2. The second-order valence-corrected chi connectivity index (χ2v) is 8.40. The Kier molecular flexibility index (Phi) is 4.81. The van der Waals surface area contributed by atoms with Gasteiger partial charge in [0.1, 0.15) is 5.82 Å². The number of hydrogen-bond acceptors (Lipinski definition) is 5. The van der Waals surface area contributed by atoms with Crippen LogP contribution in [0.3, 0.4) is 0 Å². The normalized spacial score (nSPS) is 14.3. The smallest absolute Gasteiger partial charge is 0.263 e. The zero-order chi connectivity index (χ0) is 19.0. The summed E-state index contributed by atoms with van der Waals surface area (Å²) in [5.41, 5.74) is 1.66. The Hall–Kier alpha value is -2.13. The van der Waals surface area contributed by atoms with Crippen LogP contribution in [0.4, 0.5) is 5.82 Å². The van der Waals surface area contributed by atoms with Gasteiger partial charge < -0.3 is 10.4 Å². The molecule has 0 bridgehead atoms. The summed E-state index contributed by atoms with van der Waals surface area (Å²) >= 11 is 6.22. The first-order valence-corrected chi connectivity index (χ1v) is 10.5. The Morgan fingerprint density at radius 3 is 2.81 bits per heavy atom. The van der Waals surface area contributed by atoms with E-state index < -0.39 is 10.0 Å². The van der Waals surface area contributed by atoms with Crippen molar-refractivity contribution in [1.82, 2.24) is 15.1 Å². The fourth-order valence-corrected chi connectivity index (χ4v) is 4.94. The maximum Gasteiger partial charge on any atom is 0.263 e. The van der Waals surface area contributed by atoms with Gasteiger partial charge in [-0.15, -0.1) is 0 Å². The van der Waals surface area contributed by atoms with Crippen molar-refractivity contribution in [2.45, 2.75) is 24.4 Å². The van der Waals surface area contributed by atoms with Crippen molar-refractivity contribution in [2.75, 3.05) is 17.9 Å². The fourth-order valence-electron chi connectivity index (χ4n) is 3.39. The summed E-state index contributed by atoms with van der Waals surface area (Å²) in [5, 5.41) is 18.7. The molecule has 0 spiro atoms. The van der Waals surface area contributed by atoms with Crippen LogP contribution in [0.15, 0.2) is 41.3 Å². The Bertz CT molecular complexity index is 1110. The highest BCUT2D eigenvalue weighted by Crippen LogP contribution is 2.31. The number of anilines is 1. The molecule has 1 aromatic heterocycles. The van der Waals surface area contributed by atoms with E-state index in [2.05, 4.69) is 15.1 Å². The number of fused-ring (bicyclic) bond motifs is 2. The molecule has 0 unspecified atom stereocenters. The first-order valence-electron chi connectivity index (χ1n) is 8.61. The van der Waals surface area contributed by atoms with Crippen molar-refractivity contribution in [3.05, 3.63) is 52.7 Å². The molecule has 0 aliphatic carbocycles. The number of aliphatic hydroxyl groups excluding tert-OH is 1. The van der Waals surface area contributed by atoms with Gasteiger partial charge in [0, 0.05) is 40.9 Å². The topological polar surface area (TPSA) is 96.2 Å². The number of nitrogens with one attached hydrogen (secondary N) is 2. The monoisotopic (exact) mass is 406 g/mol. The molecular weight excluding hydrogens is 388 g/mol. The molecule has 0 fully saturated rings. The lowest BCUT2D eigenvalue weighted by Crippen LogP contribution is -2.24. The molecule has 142 valence electrons. The van der Waals surface area contributed by atoms with Gasteiger partial charge in [0.05, 0.1) is 23.7 Å². The molecule has 4 rings (SSSR count). The minimum atomic E-state index is -3.88. The number of hydrogen-bond donors (Lipinski definition) is 3. The molecule has 9 heteroatoms. The van der Waals surface area contributed by atoms with Gasteiger partial charge in [-0.25, -0.2) is 13.1 Å². The minimum Gasteiger partial charge on any atom is -0.394 e. The molecule has 3 N–H and O–H groups in total. The van der Waals surface area contributed by atoms with E-state index in [1.165, 1.54) is 4.68 Å². The van der Waals surface area contributed by atoms with Crippen LogP contribution >= 0.6 is 11.6 Å². The lowest BCUT2D eigenvalue weighted by Gasteiger charge is -2.16. The predicted octanol–water partition coefficient (Wildman–Crippen LogP) is 2.13. The molecule has 2 aromatic carbocycles. The average molecular weight is 407 g/mol. The Morgan fingerprint density at radius 2 is 2.00 bits per heavy atom. The number of aromatic nitrogens is 2. The largest absolute Gasteiger partial charge is 0.394 e. The van der Waals surface area contributed by atoms with Gasteiger partial charge in [-0.05, 0) is 12.1 Å². The van der Waals surface area contributed by atoms with E-state index in [-0.39, 0.29) is 18.0 Å². The Balaban J connectivity index is 1.81. The highest BCUT2D eigenvalue weighted by molar-refractivity contribution is 7.93. The molecular formula is C18H19ClN4O3S. The second-order valence-electron chi connectivity index (χ2n) is 6.34. The molecule has 7 nitrogen and oxygen atoms in total. The van der Waals surface area contributed by atoms with Gasteiger partial charge in [-0.2, -0.15) is 5.10 Å². The highest BCUT2D eigenvalue weighted by atomic mass is 35.5. The number of aliphatic hydroxyl groups is 1. The molecule has 1 aliphatic heterocycles. The summed E-state index contributed by atoms with van der Waals surface area (Å²) in [7, 11) is -3.88. The average Bonchev–Trinajstić information content (AvgIpc) is 2.99. The van der Waals surface area contributed by atoms with Crippen molar-refractivity contribution in [3.8, 4) is 0 Å². The molecule has 0 radical (unpaired) electrons. The Morgan fingerprint density at radius 1 is 1.22 bits per heavy atom. The van der Waals surface area contributed by atoms with Gasteiger partial charge >= 0.3 is 0 Å². The van der Waals surface area contributed by atoms with Crippen molar-refractivity contribution in [2.24, 2.45) is 0 Å². The third-order valence-electron chi connectivity index (χ3n) is 4.64. The molecule has 0 amide bonds. The van der Waals surface area contributed by atoms with Gasteiger partial charge in [0.15, 0.2) is 0 Å². The van der Waals surface area contributed by atoms with Gasteiger partial charge in [0.2, 0.25) is 0 Å². The van der Waals surface area contributed by atoms with E-state index in [1.54, 1.807) is 36.4 Å². The molecule has 3 aromatic rings. The standard InChI is InChI=1S/C18H19ClN4O3S/c19-15-5-1-4-13-12(15)3-2-6-17(13)27(25,26)22-18-14-11-20-8-7-16(14)21-23(18)9-10-24/h1-6,20,22,24H,7-11H2. The van der Waals surface area contributed by atoms with E-state index in [4.69, 9.17) is 11.6 Å². The van der Waals surface area contributed by atoms with Gasteiger partial charge in [-0.3, -0.25) is 4.72 Å². The van der Waals surface area contributed by atoms with Gasteiger partial charge in [-0.1, -0.05) is 35.9 Å². The number of nitrogens with zero attached hydrogens (tertiary/aromatic N) is 2. The SMILES string of the molecule is O=S(=O)(Nc1c2c(nn1CCO)CCNC2)c1cccc2c(Cl)cccc12. The third-order valence-corrected chi connectivity index (χ3v) is 6.36. The second kappa shape index (κ2) is 7.12. The third kappa shape index (κ3) is 3.29. The van der Waals surface area contributed by atoms with Crippen LogP contribution < -0.4 is 10.0 Å². The highest BCUT2D eigenvalue weighted by Gasteiger charge is 2.26. The number of benzene rings is 2. The van der Waals surface area contributed by atoms with E-state index >= 15 is 0 Å². The Labute approximate surface area is 162 Å². The summed E-state index contributed by atoms with van der Waals surface area (Å²) in [6.07, 6.45) is 0.715. The fraction of sp³-hybridized carbons (Fsp3) is 0.278. The lowest BCUT2D eigenvalue weighted by atomic mass is 10.1. The summed E-state index contributed by atoms with van der Waals surface area (Å²) < 4.78 is 30.6. The zero-order valence-electron chi connectivity index (χ0n) is 14.4. The van der Waals surface area contributed by atoms with Crippen molar-refractivity contribution in [3.63, 3.8) is 0 Å². The van der Waals surface area contributed by atoms with Crippen LogP contribution in [0, 0.1) is 0 Å². The zero-order valence-corrected chi connectivity index (χ0v) is 16.0. The number of halogens is 1. The molecule has 2 heterocycles. The van der Waals surface area contributed by atoms with Crippen molar-refractivity contribution >= 4 is 38.2 Å². The molecule has 27 heavy (non-hydrogen) atoms. The summed E-state index contributed by atoms with van der Waals surface area (Å²) in [6.45, 7) is 1.40. The van der Waals surface area contributed by atoms with Crippen LogP contribution in [0.2, 0.25) is 5.02 Å². The van der Waals surface area contributed by atoms with Crippen molar-refractivity contribution < 1.29 is 13.5 Å².